The molecule has 1 saturated heterocycles. The van der Waals surface area contributed by atoms with Crippen LogP contribution in [0, 0.1) is 0 Å². The van der Waals surface area contributed by atoms with Crippen LogP contribution >= 0.6 is 0 Å². The van der Waals surface area contributed by atoms with Crippen molar-refractivity contribution in [2.75, 3.05) is 24.3 Å². The molecule has 0 bridgehead atoms. The summed E-state index contributed by atoms with van der Waals surface area (Å²) in [6.07, 6.45) is 3.23. The SMILES string of the molecule is CCC(CC(=O)OC)c1ccc(N2CCCC2C(C)(C)O)c(N)c1. The van der Waals surface area contributed by atoms with E-state index in [0.29, 0.717) is 12.1 Å². The third-order valence-corrected chi connectivity index (χ3v) is 5.03. The molecule has 5 nitrogen and oxygen atoms in total. The number of benzene rings is 1. The zero-order valence-electron chi connectivity index (χ0n) is 15.2. The molecule has 1 fully saturated rings. The van der Waals surface area contributed by atoms with Gasteiger partial charge in [-0.15, -0.1) is 0 Å². The number of nitrogens with zero attached hydrogens (tertiary/aromatic N) is 1. The number of ether oxygens (including phenoxy) is 1. The molecule has 1 aromatic rings. The van der Waals surface area contributed by atoms with Gasteiger partial charge in [0.05, 0.1) is 36.5 Å². The highest BCUT2D eigenvalue weighted by atomic mass is 16.5. The molecule has 1 heterocycles. The van der Waals surface area contributed by atoms with Crippen molar-refractivity contribution in [3.8, 4) is 0 Å². The number of nitrogen functional groups attached to an aromatic ring is 1. The van der Waals surface area contributed by atoms with Gasteiger partial charge in [-0.3, -0.25) is 4.79 Å². The molecular formula is C19H30N2O3. The van der Waals surface area contributed by atoms with E-state index in [1.807, 2.05) is 32.0 Å². The molecule has 2 rings (SSSR count). The van der Waals surface area contributed by atoms with Crippen molar-refractivity contribution < 1.29 is 14.6 Å². The minimum absolute atomic E-state index is 0.0719. The first-order chi connectivity index (χ1) is 11.3. The van der Waals surface area contributed by atoms with Crippen molar-refractivity contribution in [3.63, 3.8) is 0 Å². The first kappa shape index (κ1) is 18.6. The second kappa shape index (κ2) is 7.43. The molecule has 3 N–H and O–H groups in total. The third kappa shape index (κ3) is 4.01. The highest BCUT2D eigenvalue weighted by Gasteiger charge is 2.36. The second-order valence-electron chi connectivity index (χ2n) is 7.21. The predicted octanol–water partition coefficient (Wildman–Crippen LogP) is 3.07. The summed E-state index contributed by atoms with van der Waals surface area (Å²) in [5.41, 5.74) is 8.29. The lowest BCUT2D eigenvalue weighted by Gasteiger charge is -2.36. The second-order valence-corrected chi connectivity index (χ2v) is 7.21. The van der Waals surface area contributed by atoms with E-state index in [9.17, 15) is 9.90 Å². The van der Waals surface area contributed by atoms with E-state index < -0.39 is 5.60 Å². The monoisotopic (exact) mass is 334 g/mol. The Morgan fingerprint density at radius 3 is 2.75 bits per heavy atom. The molecule has 1 aliphatic rings. The molecule has 0 spiro atoms. The first-order valence-electron chi connectivity index (χ1n) is 8.73. The van der Waals surface area contributed by atoms with Crippen LogP contribution in [0.2, 0.25) is 0 Å². The van der Waals surface area contributed by atoms with Crippen LogP contribution in [0.4, 0.5) is 11.4 Å². The normalized spacial score (nSPS) is 19.4. The number of nitrogens with two attached hydrogens (primary N) is 1. The first-order valence-corrected chi connectivity index (χ1v) is 8.73. The summed E-state index contributed by atoms with van der Waals surface area (Å²) in [7, 11) is 1.41. The van der Waals surface area contributed by atoms with Crippen LogP contribution in [0.15, 0.2) is 18.2 Å². The number of carbonyl (C=O) groups is 1. The van der Waals surface area contributed by atoms with Gasteiger partial charge < -0.3 is 20.5 Å². The van der Waals surface area contributed by atoms with Gasteiger partial charge >= 0.3 is 5.97 Å². The lowest BCUT2D eigenvalue weighted by atomic mass is 9.92. The predicted molar refractivity (Wildman–Crippen MR) is 97.2 cm³/mol. The quantitative estimate of drug-likeness (QED) is 0.618. The van der Waals surface area contributed by atoms with Crippen LogP contribution in [-0.2, 0) is 9.53 Å². The van der Waals surface area contributed by atoms with Crippen molar-refractivity contribution in [1.29, 1.82) is 0 Å². The zero-order chi connectivity index (χ0) is 17.9. The molecule has 0 saturated carbocycles. The van der Waals surface area contributed by atoms with Crippen molar-refractivity contribution in [1.82, 2.24) is 0 Å². The van der Waals surface area contributed by atoms with E-state index in [4.69, 9.17) is 10.5 Å². The van der Waals surface area contributed by atoms with Crippen molar-refractivity contribution >= 4 is 17.3 Å². The lowest BCUT2D eigenvalue weighted by molar-refractivity contribution is -0.141. The number of hydrogen-bond donors (Lipinski definition) is 2. The minimum atomic E-state index is -0.765. The molecule has 1 aliphatic heterocycles. The van der Waals surface area contributed by atoms with Crippen molar-refractivity contribution in [2.45, 2.75) is 64.0 Å². The highest BCUT2D eigenvalue weighted by Crippen LogP contribution is 2.37. The smallest absolute Gasteiger partial charge is 0.306 e. The van der Waals surface area contributed by atoms with Gasteiger partial charge in [0.15, 0.2) is 0 Å². The number of esters is 1. The van der Waals surface area contributed by atoms with Crippen molar-refractivity contribution in [3.05, 3.63) is 23.8 Å². The van der Waals surface area contributed by atoms with Gasteiger partial charge in [-0.25, -0.2) is 0 Å². The maximum Gasteiger partial charge on any atom is 0.306 e. The molecule has 24 heavy (non-hydrogen) atoms. The summed E-state index contributed by atoms with van der Waals surface area (Å²) in [5, 5.41) is 10.4. The van der Waals surface area contributed by atoms with E-state index in [1.54, 1.807) is 0 Å². The van der Waals surface area contributed by atoms with Gasteiger partial charge in [0.2, 0.25) is 0 Å². The Hall–Kier alpha value is -1.75. The number of aliphatic hydroxyl groups is 1. The molecule has 0 radical (unpaired) electrons. The summed E-state index contributed by atoms with van der Waals surface area (Å²) in [6, 6.07) is 6.10. The van der Waals surface area contributed by atoms with Gasteiger partial charge in [-0.05, 0) is 56.7 Å². The molecule has 2 atom stereocenters. The molecule has 0 amide bonds. The fourth-order valence-electron chi connectivity index (χ4n) is 3.66. The summed E-state index contributed by atoms with van der Waals surface area (Å²) in [6.45, 7) is 6.66. The molecule has 134 valence electrons. The van der Waals surface area contributed by atoms with Crippen molar-refractivity contribution in [2.24, 2.45) is 0 Å². The van der Waals surface area contributed by atoms with E-state index in [1.165, 1.54) is 7.11 Å². The standard InChI is InChI=1S/C19H30N2O3/c1-5-13(12-18(22)24-4)14-8-9-16(15(20)11-14)21-10-6-7-17(21)19(2,3)23/h8-9,11,13,17,23H,5-7,10,12,20H2,1-4H3. The molecule has 1 aromatic carbocycles. The number of rotatable bonds is 6. The molecule has 0 aliphatic carbocycles. The molecule has 2 unspecified atom stereocenters. The number of methoxy groups -OCH3 is 1. The van der Waals surface area contributed by atoms with Crippen LogP contribution in [0.5, 0.6) is 0 Å². The molecule has 0 aromatic heterocycles. The maximum absolute atomic E-state index is 11.6. The van der Waals surface area contributed by atoms with E-state index >= 15 is 0 Å². The Balaban J connectivity index is 2.24. The summed E-state index contributed by atoms with van der Waals surface area (Å²) in [5.74, 6) is -0.0939. The topological polar surface area (TPSA) is 75.8 Å². The van der Waals surface area contributed by atoms with E-state index in [2.05, 4.69) is 11.8 Å². The van der Waals surface area contributed by atoms with Crippen LogP contribution in [0.3, 0.4) is 0 Å². The van der Waals surface area contributed by atoms with E-state index in [-0.39, 0.29) is 17.9 Å². The summed E-state index contributed by atoms with van der Waals surface area (Å²) in [4.78, 5) is 13.8. The molecule has 5 heteroatoms. The van der Waals surface area contributed by atoms with Gasteiger partial charge in [-0.1, -0.05) is 13.0 Å². The minimum Gasteiger partial charge on any atom is -0.469 e. The average molecular weight is 334 g/mol. The Morgan fingerprint density at radius 1 is 1.50 bits per heavy atom. The summed E-state index contributed by atoms with van der Waals surface area (Å²) < 4.78 is 4.78. The lowest BCUT2D eigenvalue weighted by Crippen LogP contribution is -2.46. The largest absolute Gasteiger partial charge is 0.469 e. The summed E-state index contributed by atoms with van der Waals surface area (Å²) >= 11 is 0. The van der Waals surface area contributed by atoms with Crippen LogP contribution in [-0.4, -0.2) is 36.4 Å². The number of anilines is 2. The van der Waals surface area contributed by atoms with Crippen LogP contribution in [0.1, 0.15) is 57.9 Å². The number of carbonyl (C=O) groups excluding carboxylic acids is 1. The maximum atomic E-state index is 11.6. The average Bonchev–Trinajstić information content (AvgIpc) is 3.01. The van der Waals surface area contributed by atoms with Gasteiger partial charge in [0, 0.05) is 6.54 Å². The van der Waals surface area contributed by atoms with E-state index in [0.717, 1.165) is 37.1 Å². The Kier molecular flexibility index (Phi) is 5.75. The Morgan fingerprint density at radius 2 is 2.21 bits per heavy atom. The Bertz CT molecular complexity index is 580. The van der Waals surface area contributed by atoms with Gasteiger partial charge in [-0.2, -0.15) is 0 Å². The fourth-order valence-corrected chi connectivity index (χ4v) is 3.66. The highest BCUT2D eigenvalue weighted by molar-refractivity contribution is 5.72. The molecular weight excluding hydrogens is 304 g/mol. The van der Waals surface area contributed by atoms with Crippen LogP contribution in [0.25, 0.3) is 0 Å². The number of hydrogen-bond acceptors (Lipinski definition) is 5. The zero-order valence-corrected chi connectivity index (χ0v) is 15.2. The Labute approximate surface area is 144 Å². The fraction of sp³-hybridized carbons (Fsp3) is 0.632. The van der Waals surface area contributed by atoms with Gasteiger partial charge in [0.25, 0.3) is 0 Å². The van der Waals surface area contributed by atoms with Gasteiger partial charge in [0.1, 0.15) is 0 Å². The third-order valence-electron chi connectivity index (χ3n) is 5.03. The van der Waals surface area contributed by atoms with Crippen LogP contribution < -0.4 is 10.6 Å².